The summed E-state index contributed by atoms with van der Waals surface area (Å²) < 4.78 is 5.50. The molecule has 3 aliphatic rings. The Hall–Kier alpha value is -1.76. The molecule has 29 heavy (non-hydrogen) atoms. The number of piperidine rings is 1. The van der Waals surface area contributed by atoms with Crippen LogP contribution in [0.3, 0.4) is 0 Å². The van der Waals surface area contributed by atoms with Gasteiger partial charge in [0, 0.05) is 18.6 Å². The summed E-state index contributed by atoms with van der Waals surface area (Å²) in [6.45, 7) is 16.1. The van der Waals surface area contributed by atoms with Crippen molar-refractivity contribution < 1.29 is 4.74 Å². The fraction of sp³-hybridized carbons (Fsp3) is 0.773. The van der Waals surface area contributed by atoms with E-state index in [1.54, 1.807) is 0 Å². The standard InChI is InChI=1S/C22H34N6O/c1-6-7-8-9-10-23-16-15-21(2,3)28-20-25-18(17(16)22(28,4)5)24-19(26-20)27-11-13-29-14-12-27/h16-17H,1,6-9,11-15H2,2-5H3. The number of unbranched alkanes of at least 4 members (excludes halogenated alkanes) is 3. The van der Waals surface area contributed by atoms with Gasteiger partial charge in [0.05, 0.1) is 36.9 Å². The molecule has 7 heteroatoms. The summed E-state index contributed by atoms with van der Waals surface area (Å²) in [5.41, 5.74) is -0.245. The molecule has 4 heterocycles. The number of anilines is 2. The van der Waals surface area contributed by atoms with Crippen molar-refractivity contribution >= 4 is 18.1 Å². The van der Waals surface area contributed by atoms with E-state index >= 15 is 0 Å². The Labute approximate surface area is 175 Å². The summed E-state index contributed by atoms with van der Waals surface area (Å²) in [6, 6.07) is 0.129. The van der Waals surface area contributed by atoms with Crippen molar-refractivity contribution in [2.75, 3.05) is 36.1 Å². The second kappa shape index (κ2) is 7.82. The average Bonchev–Trinajstić information content (AvgIpc) is 2.66. The van der Waals surface area contributed by atoms with Crippen LogP contribution in [0, 0.1) is 6.92 Å². The van der Waals surface area contributed by atoms with Crippen molar-refractivity contribution in [3.8, 4) is 0 Å². The van der Waals surface area contributed by atoms with Crippen molar-refractivity contribution in [3.63, 3.8) is 0 Å². The third-order valence-corrected chi connectivity index (χ3v) is 6.48. The van der Waals surface area contributed by atoms with E-state index in [1.807, 2.05) is 0 Å². The maximum absolute atomic E-state index is 5.50. The Morgan fingerprint density at radius 1 is 1.10 bits per heavy atom. The monoisotopic (exact) mass is 398 g/mol. The first-order valence-electron chi connectivity index (χ1n) is 11.0. The van der Waals surface area contributed by atoms with Crippen molar-refractivity contribution in [1.29, 1.82) is 0 Å². The van der Waals surface area contributed by atoms with Crippen LogP contribution in [0.25, 0.3) is 0 Å². The molecule has 0 saturated carbocycles. The molecule has 7 nitrogen and oxygen atoms in total. The molecule has 2 atom stereocenters. The number of hydrogen-bond acceptors (Lipinski definition) is 7. The van der Waals surface area contributed by atoms with Crippen LogP contribution in [-0.2, 0) is 4.74 Å². The lowest BCUT2D eigenvalue weighted by atomic mass is 9.68. The molecule has 2 fully saturated rings. The summed E-state index contributed by atoms with van der Waals surface area (Å²) in [4.78, 5) is 24.2. The van der Waals surface area contributed by atoms with Crippen LogP contribution in [0.15, 0.2) is 4.99 Å². The topological polar surface area (TPSA) is 66.7 Å². The third kappa shape index (κ3) is 3.74. The molecule has 1 aromatic rings. The summed E-state index contributed by atoms with van der Waals surface area (Å²) >= 11 is 0. The normalized spacial score (nSPS) is 27.5. The molecule has 3 aliphatic heterocycles. The van der Waals surface area contributed by atoms with E-state index < -0.39 is 0 Å². The predicted octanol–water partition coefficient (Wildman–Crippen LogP) is 3.28. The fourth-order valence-corrected chi connectivity index (χ4v) is 5.32. The molecule has 1 aromatic heterocycles. The van der Waals surface area contributed by atoms with Crippen LogP contribution in [0.5, 0.6) is 0 Å². The van der Waals surface area contributed by atoms with Gasteiger partial charge in [-0.25, -0.2) is 0 Å². The number of rotatable bonds is 6. The predicted molar refractivity (Wildman–Crippen MR) is 116 cm³/mol. The van der Waals surface area contributed by atoms with E-state index in [0.717, 1.165) is 76.1 Å². The van der Waals surface area contributed by atoms with Crippen LogP contribution in [0.1, 0.15) is 71.5 Å². The van der Waals surface area contributed by atoms with Crippen LogP contribution >= 0.6 is 0 Å². The molecule has 2 saturated heterocycles. The van der Waals surface area contributed by atoms with Crippen molar-refractivity contribution in [2.24, 2.45) is 4.99 Å². The van der Waals surface area contributed by atoms with Gasteiger partial charge >= 0.3 is 0 Å². The summed E-state index contributed by atoms with van der Waals surface area (Å²) in [6.07, 6.45) is 8.37. The highest BCUT2D eigenvalue weighted by molar-refractivity contribution is 5.59. The zero-order valence-corrected chi connectivity index (χ0v) is 18.3. The van der Waals surface area contributed by atoms with E-state index in [9.17, 15) is 0 Å². The number of fused-ring (bicyclic) bond motifs is 6. The second-order valence-corrected chi connectivity index (χ2v) is 9.54. The highest BCUT2D eigenvalue weighted by atomic mass is 16.5. The third-order valence-electron chi connectivity index (χ3n) is 6.48. The maximum atomic E-state index is 5.50. The zero-order chi connectivity index (χ0) is 20.6. The van der Waals surface area contributed by atoms with Gasteiger partial charge in [-0.2, -0.15) is 15.0 Å². The first kappa shape index (κ1) is 20.5. The minimum atomic E-state index is -0.152. The molecule has 4 rings (SSSR count). The Morgan fingerprint density at radius 3 is 2.55 bits per heavy atom. The van der Waals surface area contributed by atoms with Gasteiger partial charge in [-0.05, 0) is 47.0 Å². The Balaban J connectivity index is 1.69. The van der Waals surface area contributed by atoms with Gasteiger partial charge in [-0.3, -0.25) is 4.99 Å². The molecule has 0 aromatic carbocycles. The minimum Gasteiger partial charge on any atom is -0.378 e. The SMILES string of the molecule is [CH2]CCCC/[C]=N/C1CC(C)(C)N2c3nc(nc(N4CCOCC4)n3)C1C2(C)C. The number of nitrogens with zero attached hydrogens (tertiary/aromatic N) is 6. The number of hydrogen-bond donors (Lipinski definition) is 0. The Bertz CT molecular complexity index is 756. The molecule has 2 radical (unpaired) electrons. The number of aromatic nitrogens is 3. The Kier molecular flexibility index (Phi) is 5.53. The lowest BCUT2D eigenvalue weighted by Gasteiger charge is -2.60. The van der Waals surface area contributed by atoms with E-state index in [0.29, 0.717) is 0 Å². The molecule has 0 amide bonds. The largest absolute Gasteiger partial charge is 0.378 e. The highest BCUT2D eigenvalue weighted by Crippen LogP contribution is 2.51. The average molecular weight is 399 g/mol. The molecule has 4 bridgehead atoms. The lowest BCUT2D eigenvalue weighted by Crippen LogP contribution is -2.68. The molecular weight excluding hydrogens is 364 g/mol. The second-order valence-electron chi connectivity index (χ2n) is 9.54. The maximum Gasteiger partial charge on any atom is 0.231 e. The van der Waals surface area contributed by atoms with Gasteiger partial charge in [0.25, 0.3) is 0 Å². The summed E-state index contributed by atoms with van der Waals surface area (Å²) in [5.74, 6) is 2.58. The van der Waals surface area contributed by atoms with Gasteiger partial charge in [-0.15, -0.1) is 0 Å². The molecule has 0 N–H and O–H groups in total. The van der Waals surface area contributed by atoms with Gasteiger partial charge in [0.15, 0.2) is 0 Å². The zero-order valence-electron chi connectivity index (χ0n) is 18.3. The first-order valence-corrected chi connectivity index (χ1v) is 11.0. The smallest absolute Gasteiger partial charge is 0.231 e. The van der Waals surface area contributed by atoms with Crippen LogP contribution in [0.2, 0.25) is 0 Å². The Morgan fingerprint density at radius 2 is 1.83 bits per heavy atom. The van der Waals surface area contributed by atoms with E-state index in [-0.39, 0.29) is 23.0 Å². The number of aliphatic imine (C=N–C) groups is 1. The quantitative estimate of drug-likeness (QED) is 0.541. The van der Waals surface area contributed by atoms with E-state index in [1.165, 1.54) is 0 Å². The van der Waals surface area contributed by atoms with Crippen molar-refractivity contribution in [2.45, 2.75) is 82.8 Å². The summed E-state index contributed by atoms with van der Waals surface area (Å²) in [5, 5.41) is 0. The molecule has 0 spiro atoms. The van der Waals surface area contributed by atoms with Crippen LogP contribution < -0.4 is 9.80 Å². The van der Waals surface area contributed by atoms with Crippen molar-refractivity contribution in [1.82, 2.24) is 15.0 Å². The molecule has 0 aliphatic carbocycles. The van der Waals surface area contributed by atoms with Gasteiger partial charge in [0.1, 0.15) is 5.82 Å². The highest BCUT2D eigenvalue weighted by Gasteiger charge is 2.57. The van der Waals surface area contributed by atoms with Crippen LogP contribution in [0.4, 0.5) is 11.9 Å². The van der Waals surface area contributed by atoms with Gasteiger partial charge in [-0.1, -0.05) is 19.8 Å². The summed E-state index contributed by atoms with van der Waals surface area (Å²) in [7, 11) is 0. The van der Waals surface area contributed by atoms with Crippen LogP contribution in [-0.4, -0.2) is 64.6 Å². The lowest BCUT2D eigenvalue weighted by molar-refractivity contribution is 0.121. The minimum absolute atomic E-state index is 0.0928. The van der Waals surface area contributed by atoms with Crippen molar-refractivity contribution in [3.05, 3.63) is 12.7 Å². The fourth-order valence-electron chi connectivity index (χ4n) is 5.32. The number of morpholine rings is 1. The molecule has 2 unspecified atom stereocenters. The number of ether oxygens (including phenoxy) is 1. The molecule has 158 valence electrons. The van der Waals surface area contributed by atoms with Gasteiger partial charge in [0.2, 0.25) is 11.9 Å². The van der Waals surface area contributed by atoms with E-state index in [2.05, 4.69) is 50.6 Å². The first-order chi connectivity index (χ1) is 13.8. The van der Waals surface area contributed by atoms with E-state index in [4.69, 9.17) is 24.7 Å². The molecular formula is C22H34N6O. The van der Waals surface area contributed by atoms with Gasteiger partial charge < -0.3 is 14.5 Å².